The molecule has 0 spiro atoms. The lowest BCUT2D eigenvalue weighted by Gasteiger charge is -2.10. The third-order valence-electron chi connectivity index (χ3n) is 2.59. The SMILES string of the molecule is CNS(=O)(=O)c1cc(F)c(Oc2ccc(F)cc2)cc1Cl. The minimum Gasteiger partial charge on any atom is -0.454 e. The Labute approximate surface area is 125 Å². The quantitative estimate of drug-likeness (QED) is 0.933. The van der Waals surface area contributed by atoms with E-state index >= 15 is 0 Å². The topological polar surface area (TPSA) is 55.4 Å². The van der Waals surface area contributed by atoms with E-state index in [0.29, 0.717) is 0 Å². The third kappa shape index (κ3) is 3.49. The van der Waals surface area contributed by atoms with Crippen molar-refractivity contribution >= 4 is 21.6 Å². The van der Waals surface area contributed by atoms with Gasteiger partial charge in [-0.1, -0.05) is 11.6 Å². The fourth-order valence-electron chi connectivity index (χ4n) is 1.53. The molecule has 112 valence electrons. The molecule has 0 atom stereocenters. The first kappa shape index (κ1) is 15.7. The lowest BCUT2D eigenvalue weighted by molar-refractivity contribution is 0.439. The van der Waals surface area contributed by atoms with E-state index in [1.54, 1.807) is 0 Å². The molecule has 2 aromatic carbocycles. The fourth-order valence-corrected chi connectivity index (χ4v) is 2.79. The van der Waals surface area contributed by atoms with Crippen LogP contribution in [0.15, 0.2) is 41.3 Å². The Morgan fingerprint density at radius 2 is 1.76 bits per heavy atom. The van der Waals surface area contributed by atoms with Crippen molar-refractivity contribution in [3.8, 4) is 11.5 Å². The van der Waals surface area contributed by atoms with Gasteiger partial charge in [-0.3, -0.25) is 0 Å². The monoisotopic (exact) mass is 333 g/mol. The Hall–Kier alpha value is -1.70. The predicted molar refractivity (Wildman–Crippen MR) is 74.1 cm³/mol. The van der Waals surface area contributed by atoms with Crippen LogP contribution in [0.4, 0.5) is 8.78 Å². The molecule has 0 aromatic heterocycles. The van der Waals surface area contributed by atoms with E-state index in [-0.39, 0.29) is 16.5 Å². The molecule has 0 bridgehead atoms. The summed E-state index contributed by atoms with van der Waals surface area (Å²) in [5.41, 5.74) is 0. The molecule has 4 nitrogen and oxygen atoms in total. The second-order valence-corrected chi connectivity index (χ2v) is 6.24. The Bertz CT molecular complexity index is 764. The molecule has 0 amide bonds. The van der Waals surface area contributed by atoms with Gasteiger partial charge in [-0.25, -0.2) is 21.9 Å². The van der Waals surface area contributed by atoms with E-state index in [1.807, 2.05) is 4.72 Å². The van der Waals surface area contributed by atoms with Crippen LogP contribution in [-0.2, 0) is 10.0 Å². The molecule has 0 saturated heterocycles. The Morgan fingerprint density at radius 1 is 1.14 bits per heavy atom. The summed E-state index contributed by atoms with van der Waals surface area (Å²) in [6, 6.07) is 6.71. The van der Waals surface area contributed by atoms with Gasteiger partial charge in [-0.15, -0.1) is 0 Å². The molecule has 0 aliphatic carbocycles. The summed E-state index contributed by atoms with van der Waals surface area (Å²) in [5.74, 6) is -1.44. The Kier molecular flexibility index (Phi) is 4.46. The summed E-state index contributed by atoms with van der Waals surface area (Å²) in [6.45, 7) is 0. The van der Waals surface area contributed by atoms with Gasteiger partial charge in [0.15, 0.2) is 11.6 Å². The zero-order valence-electron chi connectivity index (χ0n) is 10.7. The molecule has 0 fully saturated rings. The van der Waals surface area contributed by atoms with Crippen LogP contribution >= 0.6 is 11.6 Å². The van der Waals surface area contributed by atoms with Gasteiger partial charge in [0.2, 0.25) is 10.0 Å². The van der Waals surface area contributed by atoms with Crippen LogP contribution in [-0.4, -0.2) is 15.5 Å². The third-order valence-corrected chi connectivity index (χ3v) is 4.47. The molecule has 2 rings (SSSR count). The summed E-state index contributed by atoms with van der Waals surface area (Å²) in [5, 5.41) is -0.192. The molecular weight excluding hydrogens is 324 g/mol. The number of benzene rings is 2. The Balaban J connectivity index is 2.39. The second kappa shape index (κ2) is 5.97. The molecule has 0 aliphatic heterocycles. The number of sulfonamides is 1. The first-order chi connectivity index (χ1) is 9.83. The molecule has 0 heterocycles. The van der Waals surface area contributed by atoms with Gasteiger partial charge in [0.05, 0.1) is 5.02 Å². The maximum atomic E-state index is 13.9. The van der Waals surface area contributed by atoms with Crippen molar-refractivity contribution in [1.82, 2.24) is 4.72 Å². The molecule has 21 heavy (non-hydrogen) atoms. The number of rotatable bonds is 4. The van der Waals surface area contributed by atoms with E-state index in [1.165, 1.54) is 19.2 Å². The highest BCUT2D eigenvalue weighted by Crippen LogP contribution is 2.32. The number of hydrogen-bond acceptors (Lipinski definition) is 3. The number of hydrogen-bond donors (Lipinski definition) is 1. The molecule has 0 radical (unpaired) electrons. The summed E-state index contributed by atoms with van der Waals surface area (Å²) in [7, 11) is -2.69. The number of ether oxygens (including phenoxy) is 1. The van der Waals surface area contributed by atoms with Crippen molar-refractivity contribution in [2.45, 2.75) is 4.90 Å². The summed E-state index contributed by atoms with van der Waals surface area (Å²) in [4.78, 5) is -0.393. The van der Waals surface area contributed by atoms with Crippen molar-refractivity contribution in [2.75, 3.05) is 7.05 Å². The maximum absolute atomic E-state index is 13.9. The lowest BCUT2D eigenvalue weighted by atomic mass is 10.3. The molecule has 0 aliphatic rings. The van der Waals surface area contributed by atoms with Gasteiger partial charge >= 0.3 is 0 Å². The summed E-state index contributed by atoms with van der Waals surface area (Å²) < 4.78 is 57.2. The normalized spacial score (nSPS) is 11.4. The molecule has 0 saturated carbocycles. The highest BCUT2D eigenvalue weighted by atomic mass is 35.5. The van der Waals surface area contributed by atoms with Gasteiger partial charge in [0, 0.05) is 6.07 Å². The van der Waals surface area contributed by atoms with Crippen molar-refractivity contribution in [3.63, 3.8) is 0 Å². The highest BCUT2D eigenvalue weighted by molar-refractivity contribution is 7.89. The van der Waals surface area contributed by atoms with E-state index < -0.39 is 26.6 Å². The van der Waals surface area contributed by atoms with E-state index in [9.17, 15) is 17.2 Å². The number of halogens is 3. The van der Waals surface area contributed by atoms with Crippen molar-refractivity contribution < 1.29 is 21.9 Å². The van der Waals surface area contributed by atoms with Crippen LogP contribution in [0.5, 0.6) is 11.5 Å². The van der Waals surface area contributed by atoms with Crippen LogP contribution in [0.2, 0.25) is 5.02 Å². The summed E-state index contributed by atoms with van der Waals surface area (Å²) in [6.07, 6.45) is 0. The van der Waals surface area contributed by atoms with Crippen LogP contribution in [0.3, 0.4) is 0 Å². The average molecular weight is 334 g/mol. The van der Waals surface area contributed by atoms with Crippen molar-refractivity contribution in [2.24, 2.45) is 0 Å². The zero-order valence-corrected chi connectivity index (χ0v) is 12.3. The van der Waals surface area contributed by atoms with Gasteiger partial charge in [-0.05, 0) is 37.4 Å². The van der Waals surface area contributed by atoms with Crippen molar-refractivity contribution in [3.05, 3.63) is 53.1 Å². The average Bonchev–Trinajstić information content (AvgIpc) is 2.44. The van der Waals surface area contributed by atoms with Crippen LogP contribution in [0.25, 0.3) is 0 Å². The van der Waals surface area contributed by atoms with E-state index in [4.69, 9.17) is 16.3 Å². The van der Waals surface area contributed by atoms with Gasteiger partial charge in [-0.2, -0.15) is 0 Å². The predicted octanol–water partition coefficient (Wildman–Crippen LogP) is 3.32. The zero-order chi connectivity index (χ0) is 15.6. The molecule has 0 unspecified atom stereocenters. The highest BCUT2D eigenvalue weighted by Gasteiger charge is 2.20. The first-order valence-electron chi connectivity index (χ1n) is 5.69. The van der Waals surface area contributed by atoms with Gasteiger partial charge < -0.3 is 4.74 Å². The standard InChI is InChI=1S/C13H10ClF2NO3S/c1-17-21(18,19)13-7-11(16)12(6-10(13)14)20-9-4-2-8(15)3-5-9/h2-7,17H,1H3. The smallest absolute Gasteiger partial charge is 0.241 e. The van der Waals surface area contributed by atoms with Crippen LogP contribution in [0, 0.1) is 11.6 Å². The van der Waals surface area contributed by atoms with Gasteiger partial charge in [0.1, 0.15) is 16.5 Å². The van der Waals surface area contributed by atoms with Crippen LogP contribution in [0.1, 0.15) is 0 Å². The maximum Gasteiger partial charge on any atom is 0.241 e. The molecular formula is C13H10ClF2NO3S. The lowest BCUT2D eigenvalue weighted by Crippen LogP contribution is -2.19. The van der Waals surface area contributed by atoms with Crippen molar-refractivity contribution in [1.29, 1.82) is 0 Å². The summed E-state index contributed by atoms with van der Waals surface area (Å²) >= 11 is 5.83. The van der Waals surface area contributed by atoms with E-state index in [0.717, 1.165) is 24.3 Å². The second-order valence-electron chi connectivity index (χ2n) is 3.98. The minimum atomic E-state index is -3.87. The molecule has 1 N–H and O–H groups in total. The fraction of sp³-hybridized carbons (Fsp3) is 0.0769. The minimum absolute atomic E-state index is 0.190. The Morgan fingerprint density at radius 3 is 2.33 bits per heavy atom. The van der Waals surface area contributed by atoms with Crippen LogP contribution < -0.4 is 9.46 Å². The van der Waals surface area contributed by atoms with Gasteiger partial charge in [0.25, 0.3) is 0 Å². The van der Waals surface area contributed by atoms with E-state index in [2.05, 4.69) is 0 Å². The molecule has 2 aromatic rings. The first-order valence-corrected chi connectivity index (χ1v) is 7.55. The molecule has 8 heteroatoms. The number of nitrogens with one attached hydrogen (secondary N) is 1. The largest absolute Gasteiger partial charge is 0.454 e.